The lowest BCUT2D eigenvalue weighted by Gasteiger charge is -2.34. The molecular weight excluding hydrogens is 515 g/mol. The van der Waals surface area contributed by atoms with E-state index in [-0.39, 0.29) is 22.1 Å². The number of carbonyl (C=O) groups excluding carboxylic acids is 1. The molecule has 1 saturated heterocycles. The summed E-state index contributed by atoms with van der Waals surface area (Å²) in [5, 5.41) is 1.34. The molecule has 0 saturated carbocycles. The number of piperazine rings is 1. The average molecular weight is 539 g/mol. The molecule has 1 N–H and O–H groups in total. The van der Waals surface area contributed by atoms with Gasteiger partial charge in [0.05, 0.1) is 11.2 Å². The van der Waals surface area contributed by atoms with Crippen molar-refractivity contribution in [3.05, 3.63) is 101 Å². The zero-order valence-electron chi connectivity index (χ0n) is 19.8. The molecule has 3 aromatic carbocycles. The van der Waals surface area contributed by atoms with Crippen molar-refractivity contribution in [1.82, 2.24) is 14.8 Å². The molecule has 10 heteroatoms. The zero-order chi connectivity index (χ0) is 26.0. The van der Waals surface area contributed by atoms with E-state index in [0.29, 0.717) is 42.1 Å². The van der Waals surface area contributed by atoms with Crippen LogP contribution in [0, 0.1) is 5.82 Å². The van der Waals surface area contributed by atoms with Crippen molar-refractivity contribution < 1.29 is 17.6 Å². The molecule has 1 fully saturated rings. The topological polar surface area (TPSA) is 82.6 Å². The second-order valence-corrected chi connectivity index (χ2v) is 10.9. The van der Waals surface area contributed by atoms with E-state index >= 15 is 0 Å². The molecule has 4 aromatic rings. The smallest absolute Gasteiger partial charge is 0.264 e. The van der Waals surface area contributed by atoms with Crippen molar-refractivity contribution in [2.24, 2.45) is 0 Å². The largest absolute Gasteiger partial charge is 0.336 e. The first-order valence-corrected chi connectivity index (χ1v) is 13.6. The number of carbonyl (C=O) groups is 1. The van der Waals surface area contributed by atoms with Crippen molar-refractivity contribution >= 4 is 44.1 Å². The van der Waals surface area contributed by atoms with Gasteiger partial charge in [-0.15, -0.1) is 0 Å². The minimum Gasteiger partial charge on any atom is -0.336 e. The van der Waals surface area contributed by atoms with Crippen molar-refractivity contribution in [2.45, 2.75) is 11.4 Å². The number of para-hydroxylation sites is 1. The Morgan fingerprint density at radius 2 is 1.73 bits per heavy atom. The van der Waals surface area contributed by atoms with Crippen LogP contribution >= 0.6 is 11.6 Å². The highest BCUT2D eigenvalue weighted by Gasteiger charge is 2.24. The number of halogens is 2. The number of amides is 1. The molecule has 0 aliphatic carbocycles. The summed E-state index contributed by atoms with van der Waals surface area (Å²) in [7, 11) is -4.11. The Morgan fingerprint density at radius 3 is 2.49 bits per heavy atom. The van der Waals surface area contributed by atoms with Gasteiger partial charge in [-0.1, -0.05) is 41.9 Å². The molecule has 5 rings (SSSR count). The van der Waals surface area contributed by atoms with E-state index in [2.05, 4.69) is 14.6 Å². The first-order valence-electron chi connectivity index (χ1n) is 11.7. The number of nitrogens with one attached hydrogen (secondary N) is 1. The van der Waals surface area contributed by atoms with E-state index < -0.39 is 15.8 Å². The molecule has 0 bridgehead atoms. The molecule has 1 amide bonds. The van der Waals surface area contributed by atoms with Crippen molar-refractivity contribution in [1.29, 1.82) is 0 Å². The van der Waals surface area contributed by atoms with Crippen LogP contribution in [0.15, 0.2) is 83.9 Å². The highest BCUT2D eigenvalue weighted by molar-refractivity contribution is 7.93. The fourth-order valence-corrected chi connectivity index (χ4v) is 5.87. The number of benzene rings is 3. The maximum absolute atomic E-state index is 14.9. The van der Waals surface area contributed by atoms with E-state index in [1.807, 2.05) is 24.3 Å². The molecule has 1 aliphatic heterocycles. The molecular formula is C27H24ClFN4O3S. The summed E-state index contributed by atoms with van der Waals surface area (Å²) in [6, 6.07) is 19.7. The summed E-state index contributed by atoms with van der Waals surface area (Å²) in [5.74, 6) is -1.13. The SMILES string of the molecule is O=C(c1ccc(NS(=O)(=O)c2cccc3cccnc23)c(F)c1)N1CCN(Cc2cccc(Cl)c2)CC1. The first-order chi connectivity index (χ1) is 17.8. The van der Waals surface area contributed by atoms with E-state index in [0.717, 1.165) is 18.2 Å². The van der Waals surface area contributed by atoms with Crippen LogP contribution in [0.4, 0.5) is 10.1 Å². The van der Waals surface area contributed by atoms with Crippen LogP contribution in [0.5, 0.6) is 0 Å². The number of anilines is 1. The zero-order valence-corrected chi connectivity index (χ0v) is 21.3. The quantitative estimate of drug-likeness (QED) is 0.382. The lowest BCUT2D eigenvalue weighted by atomic mass is 10.1. The number of pyridine rings is 1. The van der Waals surface area contributed by atoms with Crippen LogP contribution in [0.3, 0.4) is 0 Å². The van der Waals surface area contributed by atoms with E-state index in [1.54, 1.807) is 29.2 Å². The molecule has 1 aromatic heterocycles. The Kier molecular flexibility index (Phi) is 7.10. The van der Waals surface area contributed by atoms with Gasteiger partial charge in [-0.2, -0.15) is 0 Å². The average Bonchev–Trinajstić information content (AvgIpc) is 2.89. The third-order valence-corrected chi connectivity index (χ3v) is 7.93. The van der Waals surface area contributed by atoms with Gasteiger partial charge in [0.1, 0.15) is 10.7 Å². The summed E-state index contributed by atoms with van der Waals surface area (Å²) >= 11 is 6.07. The lowest BCUT2D eigenvalue weighted by molar-refractivity contribution is 0.0628. The number of hydrogen-bond acceptors (Lipinski definition) is 5. The summed E-state index contributed by atoms with van der Waals surface area (Å²) in [6.45, 7) is 3.10. The fourth-order valence-electron chi connectivity index (χ4n) is 4.41. The van der Waals surface area contributed by atoms with Gasteiger partial charge in [0.2, 0.25) is 0 Å². The van der Waals surface area contributed by atoms with Gasteiger partial charge in [-0.05, 0) is 48.0 Å². The molecule has 0 spiro atoms. The number of aromatic nitrogens is 1. The number of sulfonamides is 1. The molecule has 37 heavy (non-hydrogen) atoms. The van der Waals surface area contributed by atoms with Gasteiger partial charge in [-0.25, -0.2) is 12.8 Å². The first kappa shape index (κ1) is 25.1. The highest BCUT2D eigenvalue weighted by atomic mass is 35.5. The van der Waals surface area contributed by atoms with Crippen LogP contribution in [0.2, 0.25) is 5.02 Å². The monoisotopic (exact) mass is 538 g/mol. The highest BCUT2D eigenvalue weighted by Crippen LogP contribution is 2.25. The summed E-state index contributed by atoms with van der Waals surface area (Å²) in [6.07, 6.45) is 1.50. The maximum Gasteiger partial charge on any atom is 0.264 e. The molecule has 2 heterocycles. The van der Waals surface area contributed by atoms with Gasteiger partial charge >= 0.3 is 0 Å². The van der Waals surface area contributed by atoms with Crippen LogP contribution in [0.25, 0.3) is 10.9 Å². The Labute approximate surface area is 219 Å². The van der Waals surface area contributed by atoms with E-state index in [1.165, 1.54) is 24.4 Å². The molecule has 190 valence electrons. The van der Waals surface area contributed by atoms with Crippen LogP contribution in [0.1, 0.15) is 15.9 Å². The van der Waals surface area contributed by atoms with Gasteiger partial charge in [0, 0.05) is 54.9 Å². The number of rotatable bonds is 6. The predicted molar refractivity (Wildman–Crippen MR) is 142 cm³/mol. The minimum atomic E-state index is -4.11. The van der Waals surface area contributed by atoms with E-state index in [4.69, 9.17) is 11.6 Å². The standard InChI is InChI=1S/C27H24ClFN4O3S/c28-22-7-1-4-19(16-22)18-32-12-14-33(15-13-32)27(34)21-9-10-24(23(29)17-21)31-37(35,36)25-8-2-5-20-6-3-11-30-26(20)25/h1-11,16-17,31H,12-15,18H2. The molecule has 1 aliphatic rings. The fraction of sp³-hybridized carbons (Fsp3) is 0.185. The van der Waals surface area contributed by atoms with Gasteiger partial charge in [0.15, 0.2) is 0 Å². The van der Waals surface area contributed by atoms with Gasteiger partial charge < -0.3 is 4.90 Å². The summed E-state index contributed by atoms with van der Waals surface area (Å²) in [5.41, 5.74) is 1.32. The Morgan fingerprint density at radius 1 is 0.973 bits per heavy atom. The third kappa shape index (κ3) is 5.58. The number of hydrogen-bond donors (Lipinski definition) is 1. The number of fused-ring (bicyclic) bond motifs is 1. The Hall–Kier alpha value is -3.53. The molecule has 0 radical (unpaired) electrons. The summed E-state index contributed by atoms with van der Waals surface area (Å²) in [4.78, 5) is 21.0. The van der Waals surface area contributed by atoms with Crippen molar-refractivity contribution in [2.75, 3.05) is 30.9 Å². The van der Waals surface area contributed by atoms with Gasteiger partial charge in [-0.3, -0.25) is 19.4 Å². The van der Waals surface area contributed by atoms with Crippen LogP contribution < -0.4 is 4.72 Å². The second-order valence-electron chi connectivity index (χ2n) is 8.83. The van der Waals surface area contributed by atoms with Gasteiger partial charge in [0.25, 0.3) is 15.9 Å². The van der Waals surface area contributed by atoms with Crippen molar-refractivity contribution in [3.63, 3.8) is 0 Å². The van der Waals surface area contributed by atoms with E-state index in [9.17, 15) is 17.6 Å². The molecule has 0 atom stereocenters. The Bertz CT molecular complexity index is 1570. The van der Waals surface area contributed by atoms with Crippen LogP contribution in [-0.4, -0.2) is 55.3 Å². The third-order valence-electron chi connectivity index (χ3n) is 6.30. The summed E-state index contributed by atoms with van der Waals surface area (Å²) < 4.78 is 43.3. The maximum atomic E-state index is 14.9. The molecule has 7 nitrogen and oxygen atoms in total. The number of nitrogens with zero attached hydrogens (tertiary/aromatic N) is 3. The molecule has 0 unspecified atom stereocenters. The normalized spacial score (nSPS) is 14.6. The Balaban J connectivity index is 1.25. The predicted octanol–water partition coefficient (Wildman–Crippen LogP) is 4.79. The second kappa shape index (κ2) is 10.5. The minimum absolute atomic E-state index is 0.0548. The van der Waals surface area contributed by atoms with Crippen molar-refractivity contribution in [3.8, 4) is 0 Å². The van der Waals surface area contributed by atoms with Crippen LogP contribution in [-0.2, 0) is 16.6 Å². The lowest BCUT2D eigenvalue weighted by Crippen LogP contribution is -2.48.